The maximum Gasteiger partial charge on any atom is 0.315 e. The number of aliphatic hydroxyl groups is 1. The van der Waals surface area contributed by atoms with E-state index in [9.17, 15) is 9.18 Å². The number of halogens is 1. The Morgan fingerprint density at radius 3 is 2.57 bits per heavy atom. The van der Waals surface area contributed by atoms with Gasteiger partial charge in [-0.2, -0.15) is 0 Å². The van der Waals surface area contributed by atoms with Crippen LogP contribution in [-0.4, -0.2) is 23.8 Å². The summed E-state index contributed by atoms with van der Waals surface area (Å²) in [7, 11) is 0. The molecule has 21 heavy (non-hydrogen) atoms. The first-order valence-electron chi connectivity index (χ1n) is 7.53. The van der Waals surface area contributed by atoms with Gasteiger partial charge in [-0.1, -0.05) is 12.1 Å². The molecular formula is C16H23FN2O2. The molecule has 3 N–H and O–H groups in total. The van der Waals surface area contributed by atoms with Crippen molar-refractivity contribution in [2.24, 2.45) is 5.92 Å². The highest BCUT2D eigenvalue weighted by Gasteiger charge is 2.33. The van der Waals surface area contributed by atoms with Crippen LogP contribution in [0.25, 0.3) is 0 Å². The first-order chi connectivity index (χ1) is 10.1. The van der Waals surface area contributed by atoms with E-state index in [2.05, 4.69) is 10.6 Å². The molecular weight excluding hydrogens is 271 g/mol. The molecule has 1 saturated carbocycles. The molecule has 2 rings (SSSR count). The Kier molecular flexibility index (Phi) is 5.56. The van der Waals surface area contributed by atoms with Gasteiger partial charge in [-0.3, -0.25) is 0 Å². The Balaban J connectivity index is 1.91. The summed E-state index contributed by atoms with van der Waals surface area (Å²) in [6.07, 6.45) is 3.59. The molecule has 1 aliphatic rings. The molecule has 1 aromatic carbocycles. The lowest BCUT2D eigenvalue weighted by Gasteiger charge is -2.21. The Morgan fingerprint density at radius 1 is 1.33 bits per heavy atom. The molecule has 0 saturated heterocycles. The SMILES string of the molecule is CC(CCCO)NC(=O)NC(c1ccc(F)cc1)C1CC1. The molecule has 2 amide bonds. The average molecular weight is 294 g/mol. The summed E-state index contributed by atoms with van der Waals surface area (Å²) in [6, 6.07) is 6.06. The van der Waals surface area contributed by atoms with Gasteiger partial charge in [0.15, 0.2) is 0 Å². The second-order valence-electron chi connectivity index (χ2n) is 5.75. The summed E-state index contributed by atoms with van der Waals surface area (Å²) >= 11 is 0. The molecule has 1 aromatic rings. The lowest BCUT2D eigenvalue weighted by atomic mass is 10.0. The van der Waals surface area contributed by atoms with Crippen LogP contribution in [0.4, 0.5) is 9.18 Å². The Bertz CT molecular complexity index is 460. The van der Waals surface area contributed by atoms with E-state index in [1.807, 2.05) is 6.92 Å². The molecule has 2 atom stereocenters. The number of hydrogen-bond donors (Lipinski definition) is 3. The van der Waals surface area contributed by atoms with E-state index < -0.39 is 0 Å². The van der Waals surface area contributed by atoms with Crippen LogP contribution < -0.4 is 10.6 Å². The van der Waals surface area contributed by atoms with Gasteiger partial charge in [0.25, 0.3) is 0 Å². The van der Waals surface area contributed by atoms with E-state index in [1.54, 1.807) is 12.1 Å². The van der Waals surface area contributed by atoms with Crippen LogP contribution in [0.15, 0.2) is 24.3 Å². The lowest BCUT2D eigenvalue weighted by molar-refractivity contribution is 0.229. The van der Waals surface area contributed by atoms with Crippen molar-refractivity contribution in [2.45, 2.75) is 44.7 Å². The Labute approximate surface area is 124 Å². The van der Waals surface area contributed by atoms with Crippen molar-refractivity contribution in [3.05, 3.63) is 35.6 Å². The highest BCUT2D eigenvalue weighted by molar-refractivity contribution is 5.74. The van der Waals surface area contributed by atoms with E-state index >= 15 is 0 Å². The molecule has 0 heterocycles. The molecule has 1 aliphatic carbocycles. The van der Waals surface area contributed by atoms with Crippen molar-refractivity contribution in [1.29, 1.82) is 0 Å². The van der Waals surface area contributed by atoms with Crippen LogP contribution >= 0.6 is 0 Å². The molecule has 0 bridgehead atoms. The predicted octanol–water partition coefficient (Wildman–Crippen LogP) is 2.74. The summed E-state index contributed by atoms with van der Waals surface area (Å²) < 4.78 is 13.0. The first kappa shape index (κ1) is 15.8. The van der Waals surface area contributed by atoms with Gasteiger partial charge in [0.05, 0.1) is 6.04 Å². The number of aliphatic hydroxyl groups excluding tert-OH is 1. The Hall–Kier alpha value is -1.62. The van der Waals surface area contributed by atoms with Crippen LogP contribution in [0.2, 0.25) is 0 Å². The maximum atomic E-state index is 13.0. The molecule has 0 aromatic heterocycles. The maximum absolute atomic E-state index is 13.0. The van der Waals surface area contributed by atoms with Gasteiger partial charge in [0.2, 0.25) is 0 Å². The van der Waals surface area contributed by atoms with Crippen LogP contribution in [0, 0.1) is 11.7 Å². The zero-order valence-electron chi connectivity index (χ0n) is 12.3. The summed E-state index contributed by atoms with van der Waals surface area (Å²) in [5, 5.41) is 14.6. The van der Waals surface area contributed by atoms with Gasteiger partial charge in [-0.05, 0) is 56.2 Å². The third kappa shape index (κ3) is 5.01. The number of rotatable bonds is 7. The molecule has 0 aliphatic heterocycles. The predicted molar refractivity (Wildman–Crippen MR) is 79.3 cm³/mol. The summed E-state index contributed by atoms with van der Waals surface area (Å²) in [5.41, 5.74) is 0.942. The van der Waals surface area contributed by atoms with Gasteiger partial charge in [0, 0.05) is 12.6 Å². The van der Waals surface area contributed by atoms with Crippen LogP contribution in [0.3, 0.4) is 0 Å². The van der Waals surface area contributed by atoms with Crippen molar-refractivity contribution in [2.75, 3.05) is 6.61 Å². The topological polar surface area (TPSA) is 61.4 Å². The quantitative estimate of drug-likeness (QED) is 0.724. The standard InChI is InChI=1S/C16H23FN2O2/c1-11(3-2-10-20)18-16(21)19-15(12-4-5-12)13-6-8-14(17)9-7-13/h6-9,11-12,15,20H,2-5,10H2,1H3,(H2,18,19,21). The highest BCUT2D eigenvalue weighted by atomic mass is 19.1. The molecule has 2 unspecified atom stereocenters. The van der Waals surface area contributed by atoms with Gasteiger partial charge in [-0.15, -0.1) is 0 Å². The van der Waals surface area contributed by atoms with Gasteiger partial charge in [0.1, 0.15) is 5.82 Å². The fraction of sp³-hybridized carbons (Fsp3) is 0.562. The van der Waals surface area contributed by atoms with Crippen molar-refractivity contribution < 1.29 is 14.3 Å². The average Bonchev–Trinajstić information content (AvgIpc) is 3.28. The second-order valence-corrected chi connectivity index (χ2v) is 5.75. The third-order valence-corrected chi connectivity index (χ3v) is 3.78. The minimum atomic E-state index is -0.268. The Morgan fingerprint density at radius 2 is 2.00 bits per heavy atom. The number of hydrogen-bond acceptors (Lipinski definition) is 2. The molecule has 1 fully saturated rings. The zero-order valence-corrected chi connectivity index (χ0v) is 12.3. The molecule has 5 heteroatoms. The van der Waals surface area contributed by atoms with Crippen molar-refractivity contribution in [3.8, 4) is 0 Å². The van der Waals surface area contributed by atoms with E-state index in [0.717, 1.165) is 24.8 Å². The van der Waals surface area contributed by atoms with Crippen molar-refractivity contribution >= 4 is 6.03 Å². The molecule has 0 radical (unpaired) electrons. The molecule has 4 nitrogen and oxygen atoms in total. The lowest BCUT2D eigenvalue weighted by Crippen LogP contribution is -2.43. The third-order valence-electron chi connectivity index (χ3n) is 3.78. The minimum Gasteiger partial charge on any atom is -0.396 e. The second kappa shape index (κ2) is 7.41. The fourth-order valence-corrected chi connectivity index (χ4v) is 2.45. The monoisotopic (exact) mass is 294 g/mol. The van der Waals surface area contributed by atoms with E-state index in [0.29, 0.717) is 12.3 Å². The highest BCUT2D eigenvalue weighted by Crippen LogP contribution is 2.40. The number of amides is 2. The summed E-state index contributed by atoms with van der Waals surface area (Å²) in [4.78, 5) is 12.0. The molecule has 0 spiro atoms. The summed E-state index contributed by atoms with van der Waals surface area (Å²) in [6.45, 7) is 2.05. The van der Waals surface area contributed by atoms with Crippen LogP contribution in [0.1, 0.15) is 44.2 Å². The largest absolute Gasteiger partial charge is 0.396 e. The zero-order chi connectivity index (χ0) is 15.2. The van der Waals surface area contributed by atoms with E-state index in [1.165, 1.54) is 12.1 Å². The van der Waals surface area contributed by atoms with Gasteiger partial charge >= 0.3 is 6.03 Å². The number of carbonyl (C=O) groups excluding carboxylic acids is 1. The number of carbonyl (C=O) groups is 1. The van der Waals surface area contributed by atoms with E-state index in [-0.39, 0.29) is 30.5 Å². The van der Waals surface area contributed by atoms with Crippen LogP contribution in [0.5, 0.6) is 0 Å². The van der Waals surface area contributed by atoms with Crippen molar-refractivity contribution in [1.82, 2.24) is 10.6 Å². The van der Waals surface area contributed by atoms with E-state index in [4.69, 9.17) is 5.11 Å². The number of nitrogens with one attached hydrogen (secondary N) is 2. The smallest absolute Gasteiger partial charge is 0.315 e. The van der Waals surface area contributed by atoms with Crippen molar-refractivity contribution in [3.63, 3.8) is 0 Å². The number of benzene rings is 1. The van der Waals surface area contributed by atoms with Gasteiger partial charge in [-0.25, -0.2) is 9.18 Å². The molecule has 116 valence electrons. The minimum absolute atomic E-state index is 0.0187. The summed E-state index contributed by atoms with van der Waals surface area (Å²) in [5.74, 6) is 0.171. The van der Waals surface area contributed by atoms with Gasteiger partial charge < -0.3 is 15.7 Å². The normalized spacial score (nSPS) is 17.1. The first-order valence-corrected chi connectivity index (χ1v) is 7.53. The fourth-order valence-electron chi connectivity index (χ4n) is 2.45. The number of urea groups is 1. The van der Waals surface area contributed by atoms with Crippen LogP contribution in [-0.2, 0) is 0 Å².